The highest BCUT2D eigenvalue weighted by atomic mass is 16.6. The second-order valence-corrected chi connectivity index (χ2v) is 6.81. The van der Waals surface area contributed by atoms with E-state index < -0.39 is 0 Å². The Labute approximate surface area is 149 Å². The second-order valence-electron chi connectivity index (χ2n) is 6.81. The fourth-order valence-corrected chi connectivity index (χ4v) is 2.96. The Morgan fingerprint density at radius 3 is 1.96 bits per heavy atom. The largest absolute Gasteiger partial charge is 0.379 e. The van der Waals surface area contributed by atoms with Crippen LogP contribution in [0.4, 0.5) is 0 Å². The van der Waals surface area contributed by atoms with Crippen LogP contribution in [0.1, 0.15) is 78.6 Å². The van der Waals surface area contributed by atoms with E-state index in [1.807, 2.05) is 0 Å². The summed E-state index contributed by atoms with van der Waals surface area (Å²) < 4.78 is 23.9. The van der Waals surface area contributed by atoms with Crippen molar-refractivity contribution in [3.05, 3.63) is 0 Å². The van der Waals surface area contributed by atoms with E-state index >= 15 is 0 Å². The molecule has 0 bridgehead atoms. The van der Waals surface area contributed by atoms with Gasteiger partial charge in [0.1, 0.15) is 18.3 Å². The van der Waals surface area contributed by atoms with Crippen LogP contribution in [0.2, 0.25) is 0 Å². The van der Waals surface area contributed by atoms with E-state index in [0.717, 1.165) is 39.1 Å². The van der Waals surface area contributed by atoms with Crippen LogP contribution >= 0.6 is 0 Å². The summed E-state index contributed by atoms with van der Waals surface area (Å²) in [7, 11) is 0. The van der Waals surface area contributed by atoms with Gasteiger partial charge in [0.25, 0.3) is 0 Å². The van der Waals surface area contributed by atoms with Crippen molar-refractivity contribution in [2.45, 2.75) is 96.9 Å². The first-order valence-corrected chi connectivity index (χ1v) is 10.3. The SMILES string of the molecule is CCCCCOC[C@H]1OC[C@H](OCCCCC)[C@@H]1OCCCCC. The van der Waals surface area contributed by atoms with Crippen molar-refractivity contribution >= 4 is 0 Å². The lowest BCUT2D eigenvalue weighted by Gasteiger charge is -2.23. The minimum Gasteiger partial charge on any atom is -0.379 e. The van der Waals surface area contributed by atoms with Gasteiger partial charge in [-0.25, -0.2) is 0 Å². The molecule has 144 valence electrons. The maximum absolute atomic E-state index is 6.14. The molecule has 0 aromatic heterocycles. The molecule has 4 heteroatoms. The van der Waals surface area contributed by atoms with E-state index in [2.05, 4.69) is 20.8 Å². The van der Waals surface area contributed by atoms with E-state index in [0.29, 0.717) is 13.2 Å². The molecule has 0 aromatic carbocycles. The Morgan fingerprint density at radius 2 is 1.33 bits per heavy atom. The van der Waals surface area contributed by atoms with Gasteiger partial charge in [-0.05, 0) is 19.3 Å². The summed E-state index contributed by atoms with van der Waals surface area (Å²) in [4.78, 5) is 0. The molecule has 1 aliphatic heterocycles. The predicted molar refractivity (Wildman–Crippen MR) is 98.6 cm³/mol. The van der Waals surface area contributed by atoms with Crippen LogP contribution in [0.5, 0.6) is 0 Å². The van der Waals surface area contributed by atoms with Gasteiger partial charge < -0.3 is 18.9 Å². The van der Waals surface area contributed by atoms with Gasteiger partial charge >= 0.3 is 0 Å². The molecular formula is C20H40O4. The number of ether oxygens (including phenoxy) is 4. The van der Waals surface area contributed by atoms with E-state index in [1.165, 1.54) is 38.5 Å². The zero-order valence-electron chi connectivity index (χ0n) is 16.3. The molecule has 1 rings (SSSR count). The molecule has 24 heavy (non-hydrogen) atoms. The van der Waals surface area contributed by atoms with Crippen molar-refractivity contribution in [1.82, 2.24) is 0 Å². The summed E-state index contributed by atoms with van der Waals surface area (Å²) >= 11 is 0. The molecule has 0 radical (unpaired) electrons. The third-order valence-corrected chi connectivity index (χ3v) is 4.52. The topological polar surface area (TPSA) is 36.9 Å². The molecule has 1 saturated heterocycles. The van der Waals surface area contributed by atoms with Crippen LogP contribution in [0, 0.1) is 0 Å². The lowest BCUT2D eigenvalue weighted by atomic mass is 10.1. The minimum absolute atomic E-state index is 0.0180. The Morgan fingerprint density at radius 1 is 0.750 bits per heavy atom. The smallest absolute Gasteiger partial charge is 0.114 e. The van der Waals surface area contributed by atoms with Crippen LogP contribution in [0.3, 0.4) is 0 Å². The third kappa shape index (κ3) is 9.36. The fraction of sp³-hybridized carbons (Fsp3) is 1.00. The summed E-state index contributed by atoms with van der Waals surface area (Å²) in [5.41, 5.74) is 0. The normalized spacial score (nSPS) is 23.9. The molecule has 0 aliphatic carbocycles. The number of hydrogen-bond acceptors (Lipinski definition) is 4. The van der Waals surface area contributed by atoms with Gasteiger partial charge in [-0.1, -0.05) is 59.3 Å². The van der Waals surface area contributed by atoms with E-state index in [1.54, 1.807) is 0 Å². The number of rotatable bonds is 16. The van der Waals surface area contributed by atoms with Gasteiger partial charge in [0.15, 0.2) is 0 Å². The van der Waals surface area contributed by atoms with Gasteiger partial charge in [-0.15, -0.1) is 0 Å². The second kappa shape index (κ2) is 15.1. The van der Waals surface area contributed by atoms with E-state index in [4.69, 9.17) is 18.9 Å². The molecule has 0 amide bonds. The molecule has 0 N–H and O–H groups in total. The van der Waals surface area contributed by atoms with Crippen molar-refractivity contribution in [2.24, 2.45) is 0 Å². The van der Waals surface area contributed by atoms with E-state index in [-0.39, 0.29) is 18.3 Å². The number of unbranched alkanes of at least 4 members (excludes halogenated alkanes) is 6. The standard InChI is InChI=1S/C20H40O4/c1-4-7-10-13-21-16-18-20(23-15-12-9-6-3)19(17-24-18)22-14-11-8-5-2/h18-20H,4-17H2,1-3H3/t18-,19+,20-/m1/s1. The number of hydrogen-bond donors (Lipinski definition) is 0. The maximum Gasteiger partial charge on any atom is 0.114 e. The first-order valence-electron chi connectivity index (χ1n) is 10.3. The lowest BCUT2D eigenvalue weighted by molar-refractivity contribution is -0.0797. The summed E-state index contributed by atoms with van der Waals surface area (Å²) in [6.07, 6.45) is 10.8. The Hall–Kier alpha value is -0.160. The Bertz CT molecular complexity index is 272. The average Bonchev–Trinajstić information content (AvgIpc) is 2.97. The van der Waals surface area contributed by atoms with Gasteiger partial charge in [-0.3, -0.25) is 0 Å². The average molecular weight is 345 g/mol. The Balaban J connectivity index is 2.33. The van der Waals surface area contributed by atoms with Gasteiger partial charge in [0.2, 0.25) is 0 Å². The molecule has 4 nitrogen and oxygen atoms in total. The molecule has 0 unspecified atom stereocenters. The summed E-state index contributed by atoms with van der Waals surface area (Å²) in [6, 6.07) is 0. The van der Waals surface area contributed by atoms with E-state index in [9.17, 15) is 0 Å². The third-order valence-electron chi connectivity index (χ3n) is 4.52. The van der Waals surface area contributed by atoms with Crippen LogP contribution in [0.15, 0.2) is 0 Å². The monoisotopic (exact) mass is 344 g/mol. The van der Waals surface area contributed by atoms with Crippen molar-refractivity contribution < 1.29 is 18.9 Å². The lowest BCUT2D eigenvalue weighted by Crippen LogP contribution is -2.38. The van der Waals surface area contributed by atoms with Gasteiger partial charge in [0, 0.05) is 19.8 Å². The highest BCUT2D eigenvalue weighted by Crippen LogP contribution is 2.22. The van der Waals surface area contributed by atoms with Crippen LogP contribution in [-0.4, -0.2) is 51.3 Å². The summed E-state index contributed by atoms with van der Waals surface area (Å²) in [6.45, 7) is 10.3. The molecule has 1 fully saturated rings. The first kappa shape index (κ1) is 21.9. The molecule has 0 saturated carbocycles. The van der Waals surface area contributed by atoms with Crippen LogP contribution in [-0.2, 0) is 18.9 Å². The van der Waals surface area contributed by atoms with Crippen LogP contribution in [0.25, 0.3) is 0 Å². The zero-order chi connectivity index (χ0) is 17.5. The van der Waals surface area contributed by atoms with Crippen LogP contribution < -0.4 is 0 Å². The quantitative estimate of drug-likeness (QED) is 0.379. The predicted octanol–water partition coefficient (Wildman–Crippen LogP) is 4.74. The minimum atomic E-state index is 0.0180. The van der Waals surface area contributed by atoms with Gasteiger partial charge in [-0.2, -0.15) is 0 Å². The summed E-state index contributed by atoms with van der Waals surface area (Å²) in [5, 5.41) is 0. The highest BCUT2D eigenvalue weighted by molar-refractivity contribution is 4.86. The highest BCUT2D eigenvalue weighted by Gasteiger charge is 2.38. The van der Waals surface area contributed by atoms with Crippen molar-refractivity contribution in [3.8, 4) is 0 Å². The van der Waals surface area contributed by atoms with Crippen molar-refractivity contribution in [3.63, 3.8) is 0 Å². The van der Waals surface area contributed by atoms with Crippen molar-refractivity contribution in [2.75, 3.05) is 33.0 Å². The molecule has 1 heterocycles. The molecule has 3 atom stereocenters. The summed E-state index contributed by atoms with van der Waals surface area (Å²) in [5.74, 6) is 0. The Kier molecular flexibility index (Phi) is 13.8. The molecular weight excluding hydrogens is 304 g/mol. The van der Waals surface area contributed by atoms with Gasteiger partial charge in [0.05, 0.1) is 13.2 Å². The first-order chi connectivity index (χ1) is 11.8. The zero-order valence-corrected chi connectivity index (χ0v) is 16.3. The fourth-order valence-electron chi connectivity index (χ4n) is 2.96. The maximum atomic E-state index is 6.14. The molecule has 0 aromatic rings. The van der Waals surface area contributed by atoms with Crippen molar-refractivity contribution in [1.29, 1.82) is 0 Å². The molecule has 1 aliphatic rings. The molecule has 0 spiro atoms.